The van der Waals surface area contributed by atoms with Gasteiger partial charge in [-0.15, -0.1) is 0 Å². The van der Waals surface area contributed by atoms with E-state index in [9.17, 15) is 4.79 Å². The number of benzene rings is 1. The number of piperidine rings is 1. The lowest BCUT2D eigenvalue weighted by atomic mass is 9.85. The van der Waals surface area contributed by atoms with E-state index in [2.05, 4.69) is 48.7 Å². The molecule has 3 heteroatoms. The van der Waals surface area contributed by atoms with E-state index in [1.165, 1.54) is 18.4 Å². The van der Waals surface area contributed by atoms with Crippen LogP contribution in [0.25, 0.3) is 0 Å². The van der Waals surface area contributed by atoms with Gasteiger partial charge in [-0.25, -0.2) is 0 Å². The molecule has 2 saturated heterocycles. The van der Waals surface area contributed by atoms with Crippen molar-refractivity contribution in [1.82, 2.24) is 10.6 Å². The Morgan fingerprint density at radius 2 is 1.82 bits per heavy atom. The molecule has 3 rings (SSSR count). The largest absolute Gasteiger partial charge is 0.353 e. The van der Waals surface area contributed by atoms with Crippen LogP contribution in [0.2, 0.25) is 0 Å². The van der Waals surface area contributed by atoms with Crippen molar-refractivity contribution < 1.29 is 4.79 Å². The summed E-state index contributed by atoms with van der Waals surface area (Å²) in [5, 5.41) is 6.92. The zero-order valence-corrected chi connectivity index (χ0v) is 13.7. The Labute approximate surface area is 133 Å². The summed E-state index contributed by atoms with van der Waals surface area (Å²) in [7, 11) is 0. The Morgan fingerprint density at radius 3 is 2.41 bits per heavy atom. The number of rotatable bonds is 5. The number of hydrogen-bond acceptors (Lipinski definition) is 2. The summed E-state index contributed by atoms with van der Waals surface area (Å²) in [4.78, 5) is 12.5. The molecule has 0 aliphatic carbocycles. The van der Waals surface area contributed by atoms with Crippen LogP contribution < -0.4 is 10.6 Å². The first-order valence-electron chi connectivity index (χ1n) is 8.72. The molecule has 2 aliphatic rings. The maximum atomic E-state index is 12.5. The number of fused-ring (bicyclic) bond motifs is 2. The molecule has 1 aromatic rings. The highest BCUT2D eigenvalue weighted by Gasteiger charge is 2.34. The minimum Gasteiger partial charge on any atom is -0.353 e. The summed E-state index contributed by atoms with van der Waals surface area (Å²) in [5.74, 6) is 0.992. The van der Waals surface area contributed by atoms with E-state index in [1.807, 2.05) is 6.07 Å². The lowest BCUT2D eigenvalue weighted by molar-refractivity contribution is -0.122. The second kappa shape index (κ2) is 6.82. The summed E-state index contributed by atoms with van der Waals surface area (Å²) >= 11 is 0. The van der Waals surface area contributed by atoms with E-state index in [-0.39, 0.29) is 5.91 Å². The molecule has 2 bridgehead atoms. The molecule has 2 aliphatic heterocycles. The van der Waals surface area contributed by atoms with Crippen molar-refractivity contribution in [2.24, 2.45) is 5.92 Å². The van der Waals surface area contributed by atoms with Gasteiger partial charge in [0.1, 0.15) is 0 Å². The number of amides is 1. The molecular formula is C19H28N2O. The van der Waals surface area contributed by atoms with Crippen molar-refractivity contribution in [1.29, 1.82) is 0 Å². The van der Waals surface area contributed by atoms with Gasteiger partial charge in [-0.1, -0.05) is 44.2 Å². The second-order valence-corrected chi connectivity index (χ2v) is 7.34. The topological polar surface area (TPSA) is 41.1 Å². The van der Waals surface area contributed by atoms with Crippen LogP contribution in [0.15, 0.2) is 30.3 Å². The van der Waals surface area contributed by atoms with Crippen molar-refractivity contribution >= 4 is 5.91 Å². The van der Waals surface area contributed by atoms with E-state index in [0.29, 0.717) is 36.4 Å². The van der Waals surface area contributed by atoms with Gasteiger partial charge in [0.05, 0.1) is 0 Å². The third kappa shape index (κ3) is 3.70. The van der Waals surface area contributed by atoms with Gasteiger partial charge >= 0.3 is 0 Å². The average Bonchev–Trinajstić information content (AvgIpc) is 2.84. The molecule has 0 spiro atoms. The van der Waals surface area contributed by atoms with Crippen LogP contribution in [0.3, 0.4) is 0 Å². The molecule has 3 unspecified atom stereocenters. The van der Waals surface area contributed by atoms with Crippen LogP contribution in [-0.4, -0.2) is 24.0 Å². The predicted molar refractivity (Wildman–Crippen MR) is 89.7 cm³/mol. The average molecular weight is 300 g/mol. The van der Waals surface area contributed by atoms with Gasteiger partial charge in [0.25, 0.3) is 0 Å². The minimum absolute atomic E-state index is 0.217. The predicted octanol–water partition coefficient (Wildman–Crippen LogP) is 3.22. The molecule has 1 aromatic carbocycles. The summed E-state index contributed by atoms with van der Waals surface area (Å²) in [6.45, 7) is 4.41. The van der Waals surface area contributed by atoms with Crippen molar-refractivity contribution in [2.75, 3.05) is 0 Å². The standard InChI is InChI=1S/C19H28N2O/c1-13(2)18(14-6-4-3-5-7-14)12-19(22)21-17-10-15-8-9-16(11-17)20-15/h3-7,13,15-18,20H,8-12H2,1-2H3,(H,21,22). The van der Waals surface area contributed by atoms with Gasteiger partial charge in [0, 0.05) is 24.5 Å². The van der Waals surface area contributed by atoms with Crippen molar-refractivity contribution in [3.8, 4) is 0 Å². The molecule has 0 aromatic heterocycles. The van der Waals surface area contributed by atoms with Crippen LogP contribution in [0.5, 0.6) is 0 Å². The molecule has 2 heterocycles. The van der Waals surface area contributed by atoms with Crippen molar-refractivity contribution in [3.63, 3.8) is 0 Å². The van der Waals surface area contributed by atoms with E-state index in [4.69, 9.17) is 0 Å². The van der Waals surface area contributed by atoms with Gasteiger partial charge in [-0.2, -0.15) is 0 Å². The summed E-state index contributed by atoms with van der Waals surface area (Å²) in [5.41, 5.74) is 1.28. The summed E-state index contributed by atoms with van der Waals surface area (Å²) in [6, 6.07) is 12.1. The first kappa shape index (κ1) is 15.5. The zero-order valence-electron chi connectivity index (χ0n) is 13.7. The van der Waals surface area contributed by atoms with Crippen LogP contribution in [0.1, 0.15) is 57.4 Å². The Bertz CT molecular complexity index is 487. The van der Waals surface area contributed by atoms with Gasteiger partial charge in [-0.05, 0) is 43.1 Å². The number of carbonyl (C=O) groups excluding carboxylic acids is 1. The minimum atomic E-state index is 0.217. The molecular weight excluding hydrogens is 272 g/mol. The van der Waals surface area contributed by atoms with Crippen LogP contribution in [0, 0.1) is 5.92 Å². The second-order valence-electron chi connectivity index (χ2n) is 7.34. The van der Waals surface area contributed by atoms with Gasteiger partial charge in [0.2, 0.25) is 5.91 Å². The first-order valence-corrected chi connectivity index (χ1v) is 8.72. The van der Waals surface area contributed by atoms with E-state index in [1.54, 1.807) is 0 Å². The van der Waals surface area contributed by atoms with Crippen LogP contribution in [-0.2, 0) is 4.79 Å². The SMILES string of the molecule is CC(C)C(CC(=O)NC1CC2CCC(C1)N2)c1ccccc1. The first-order chi connectivity index (χ1) is 10.6. The fourth-order valence-corrected chi connectivity index (χ4v) is 4.10. The molecule has 0 saturated carbocycles. The Hall–Kier alpha value is -1.35. The maximum absolute atomic E-state index is 12.5. The highest BCUT2D eigenvalue weighted by atomic mass is 16.1. The van der Waals surface area contributed by atoms with Gasteiger partial charge < -0.3 is 10.6 Å². The number of hydrogen-bond donors (Lipinski definition) is 2. The summed E-state index contributed by atoms with van der Waals surface area (Å²) < 4.78 is 0. The van der Waals surface area contributed by atoms with Crippen molar-refractivity contribution in [2.45, 2.75) is 70.0 Å². The fourth-order valence-electron chi connectivity index (χ4n) is 4.10. The lowest BCUT2D eigenvalue weighted by Crippen LogP contribution is -2.48. The van der Waals surface area contributed by atoms with Gasteiger partial charge in [0.15, 0.2) is 0 Å². The number of carbonyl (C=O) groups is 1. The molecule has 2 N–H and O–H groups in total. The quantitative estimate of drug-likeness (QED) is 0.876. The normalized spacial score (nSPS) is 28.6. The monoisotopic (exact) mass is 300 g/mol. The molecule has 0 radical (unpaired) electrons. The maximum Gasteiger partial charge on any atom is 0.220 e. The molecule has 3 atom stereocenters. The number of nitrogens with one attached hydrogen (secondary N) is 2. The third-order valence-electron chi connectivity index (χ3n) is 5.28. The Morgan fingerprint density at radius 1 is 1.18 bits per heavy atom. The third-order valence-corrected chi connectivity index (χ3v) is 5.28. The highest BCUT2D eigenvalue weighted by Crippen LogP contribution is 2.29. The Balaban J connectivity index is 1.57. The molecule has 22 heavy (non-hydrogen) atoms. The van der Waals surface area contributed by atoms with E-state index >= 15 is 0 Å². The molecule has 3 nitrogen and oxygen atoms in total. The van der Waals surface area contributed by atoms with Gasteiger partial charge in [-0.3, -0.25) is 4.79 Å². The van der Waals surface area contributed by atoms with E-state index < -0.39 is 0 Å². The van der Waals surface area contributed by atoms with Crippen LogP contribution in [0.4, 0.5) is 0 Å². The molecule has 120 valence electrons. The summed E-state index contributed by atoms with van der Waals surface area (Å²) in [6.07, 6.45) is 5.34. The smallest absolute Gasteiger partial charge is 0.220 e. The van der Waals surface area contributed by atoms with Crippen LogP contribution >= 0.6 is 0 Å². The Kier molecular flexibility index (Phi) is 4.82. The molecule has 2 fully saturated rings. The lowest BCUT2D eigenvalue weighted by Gasteiger charge is -2.30. The highest BCUT2D eigenvalue weighted by molar-refractivity contribution is 5.77. The van der Waals surface area contributed by atoms with E-state index in [0.717, 1.165) is 12.8 Å². The fraction of sp³-hybridized carbons (Fsp3) is 0.632. The molecule has 1 amide bonds. The zero-order chi connectivity index (χ0) is 15.5. The van der Waals surface area contributed by atoms with Crippen molar-refractivity contribution in [3.05, 3.63) is 35.9 Å².